The zero-order chi connectivity index (χ0) is 23.9. The van der Waals surface area contributed by atoms with Crippen molar-refractivity contribution < 1.29 is 0 Å². The number of nitrogens with zero attached hydrogens (tertiary/aromatic N) is 7. The van der Waals surface area contributed by atoms with Crippen LogP contribution in [0.25, 0.3) is 44.6 Å². The fourth-order valence-corrected chi connectivity index (χ4v) is 4.76. The van der Waals surface area contributed by atoms with Gasteiger partial charge in [0.15, 0.2) is 5.65 Å². The summed E-state index contributed by atoms with van der Waals surface area (Å²) in [4.78, 5) is 23.3. The third-order valence-corrected chi connectivity index (χ3v) is 6.67. The van der Waals surface area contributed by atoms with Gasteiger partial charge in [-0.1, -0.05) is 13.8 Å². The second-order valence-electron chi connectivity index (χ2n) is 8.67. The maximum absolute atomic E-state index is 4.96. The monoisotopic (exact) mass is 477 g/mol. The number of hydrogen-bond donors (Lipinski definition) is 0. The average molecular weight is 478 g/mol. The van der Waals surface area contributed by atoms with Gasteiger partial charge in [0.2, 0.25) is 0 Å². The van der Waals surface area contributed by atoms with E-state index in [1.54, 1.807) is 17.5 Å². The summed E-state index contributed by atoms with van der Waals surface area (Å²) in [6, 6.07) is 16.4. The fraction of sp³-hybridized carbons (Fsp3) is 0.148. The Morgan fingerprint density at radius 1 is 0.857 bits per heavy atom. The molecule has 172 valence electrons. The maximum Gasteiger partial charge on any atom is 0.164 e. The zero-order valence-electron chi connectivity index (χ0n) is 19.6. The Balaban J connectivity index is 1.47. The van der Waals surface area contributed by atoms with Crippen LogP contribution < -0.4 is 0 Å². The second-order valence-corrected chi connectivity index (χ2v) is 9.56. The molecule has 0 aliphatic rings. The molecule has 5 heterocycles. The van der Waals surface area contributed by atoms with Crippen LogP contribution in [0.15, 0.2) is 78.7 Å². The summed E-state index contributed by atoms with van der Waals surface area (Å²) in [6.45, 7) is 6.29. The summed E-state index contributed by atoms with van der Waals surface area (Å²) < 4.78 is 4.22. The van der Waals surface area contributed by atoms with Crippen LogP contribution in [0.5, 0.6) is 0 Å². The number of benzene rings is 1. The van der Waals surface area contributed by atoms with Gasteiger partial charge in [-0.15, -0.1) is 11.3 Å². The summed E-state index contributed by atoms with van der Waals surface area (Å²) in [5, 5.41) is 2.85. The lowest BCUT2D eigenvalue weighted by atomic mass is 10.1. The van der Waals surface area contributed by atoms with E-state index >= 15 is 0 Å². The third-order valence-electron chi connectivity index (χ3n) is 5.87. The topological polar surface area (TPSA) is 74.3 Å². The number of imidazole rings is 2. The van der Waals surface area contributed by atoms with Gasteiger partial charge in [-0.2, -0.15) is 0 Å². The molecule has 0 radical (unpaired) electrons. The number of thiazole rings is 1. The van der Waals surface area contributed by atoms with Crippen molar-refractivity contribution in [1.82, 2.24) is 34.1 Å². The van der Waals surface area contributed by atoms with Gasteiger partial charge >= 0.3 is 0 Å². The highest BCUT2D eigenvalue weighted by Crippen LogP contribution is 2.31. The third kappa shape index (κ3) is 3.81. The minimum atomic E-state index is 0.262. The molecule has 0 atom stereocenters. The van der Waals surface area contributed by atoms with Gasteiger partial charge in [0.1, 0.15) is 27.9 Å². The summed E-state index contributed by atoms with van der Waals surface area (Å²) in [5.41, 5.74) is 6.55. The van der Waals surface area contributed by atoms with Crippen LogP contribution in [-0.2, 0) is 0 Å². The highest BCUT2D eigenvalue weighted by molar-refractivity contribution is 7.13. The van der Waals surface area contributed by atoms with E-state index in [0.717, 1.165) is 56.1 Å². The van der Waals surface area contributed by atoms with Crippen LogP contribution in [0.4, 0.5) is 0 Å². The number of rotatable bonds is 5. The lowest BCUT2D eigenvalue weighted by molar-refractivity contribution is 0.757. The van der Waals surface area contributed by atoms with Crippen LogP contribution >= 0.6 is 11.3 Å². The van der Waals surface area contributed by atoms with Crippen molar-refractivity contribution in [2.75, 3.05) is 0 Å². The zero-order valence-corrected chi connectivity index (χ0v) is 20.4. The molecular formula is C27H23N7S. The Bertz CT molecular complexity index is 1610. The van der Waals surface area contributed by atoms with Gasteiger partial charge in [0.05, 0.1) is 11.9 Å². The first kappa shape index (κ1) is 21.4. The highest BCUT2D eigenvalue weighted by Gasteiger charge is 2.18. The Morgan fingerprint density at radius 2 is 1.69 bits per heavy atom. The van der Waals surface area contributed by atoms with Crippen LogP contribution in [0, 0.1) is 6.92 Å². The number of hydrogen-bond acceptors (Lipinski definition) is 6. The Morgan fingerprint density at radius 3 is 2.40 bits per heavy atom. The standard InChI is InChI=1S/C27H23N7S/c1-17(2)24-31-22-5-4-12-28-26(22)34(24)20-10-7-19(8-11-20)25-32-23(27-29-13-14-35-27)16-33(25)21-9-6-18(3)30-15-21/h4-17H,1-3H3. The molecule has 6 aromatic rings. The van der Waals surface area contributed by atoms with Crippen molar-refractivity contribution in [3.8, 4) is 33.5 Å². The van der Waals surface area contributed by atoms with Crippen LogP contribution in [-0.4, -0.2) is 34.1 Å². The second kappa shape index (κ2) is 8.56. The van der Waals surface area contributed by atoms with Crippen molar-refractivity contribution in [2.45, 2.75) is 26.7 Å². The quantitative estimate of drug-likeness (QED) is 0.294. The normalized spacial score (nSPS) is 11.5. The van der Waals surface area contributed by atoms with E-state index in [1.165, 1.54) is 0 Å². The molecule has 0 aliphatic heterocycles. The molecule has 35 heavy (non-hydrogen) atoms. The molecule has 6 rings (SSSR count). The van der Waals surface area contributed by atoms with E-state index in [2.05, 4.69) is 68.3 Å². The van der Waals surface area contributed by atoms with Crippen molar-refractivity contribution in [2.24, 2.45) is 0 Å². The molecule has 5 aromatic heterocycles. The molecule has 0 N–H and O–H groups in total. The lowest BCUT2D eigenvalue weighted by Crippen LogP contribution is -2.04. The highest BCUT2D eigenvalue weighted by atomic mass is 32.1. The molecule has 0 aliphatic carbocycles. The molecule has 0 unspecified atom stereocenters. The van der Waals surface area contributed by atoms with E-state index in [4.69, 9.17) is 9.97 Å². The number of fused-ring (bicyclic) bond motifs is 1. The van der Waals surface area contributed by atoms with Crippen LogP contribution in [0.2, 0.25) is 0 Å². The molecule has 7 nitrogen and oxygen atoms in total. The molecule has 0 saturated carbocycles. The summed E-state index contributed by atoms with van der Waals surface area (Å²) >= 11 is 1.58. The number of aromatic nitrogens is 7. The molecule has 1 aromatic carbocycles. The SMILES string of the molecule is Cc1ccc(-n2cc(-c3nccs3)nc2-c2ccc(-n3c(C(C)C)nc4cccnc43)cc2)cn1. The van der Waals surface area contributed by atoms with Gasteiger partial charge in [0, 0.05) is 46.8 Å². The summed E-state index contributed by atoms with van der Waals surface area (Å²) in [6.07, 6.45) is 7.51. The van der Waals surface area contributed by atoms with E-state index in [1.807, 2.05) is 49.1 Å². The molecule has 0 saturated heterocycles. The van der Waals surface area contributed by atoms with Gasteiger partial charge < -0.3 is 0 Å². The molecule has 0 fully saturated rings. The van der Waals surface area contributed by atoms with Crippen molar-refractivity contribution in [1.29, 1.82) is 0 Å². The largest absolute Gasteiger partial charge is 0.297 e. The van der Waals surface area contributed by atoms with E-state index < -0.39 is 0 Å². The smallest absolute Gasteiger partial charge is 0.164 e. The Hall–Kier alpha value is -4.17. The van der Waals surface area contributed by atoms with Gasteiger partial charge in [0.25, 0.3) is 0 Å². The Kier molecular flexibility index (Phi) is 5.22. The first-order valence-corrected chi connectivity index (χ1v) is 12.3. The van der Waals surface area contributed by atoms with E-state index in [9.17, 15) is 0 Å². The lowest BCUT2D eigenvalue weighted by Gasteiger charge is -2.12. The predicted octanol–water partition coefficient (Wildman–Crippen LogP) is 6.22. The number of pyridine rings is 2. The molecule has 0 spiro atoms. The van der Waals surface area contributed by atoms with Crippen LogP contribution in [0.3, 0.4) is 0 Å². The first-order chi connectivity index (χ1) is 17.1. The van der Waals surface area contributed by atoms with E-state index in [0.29, 0.717) is 0 Å². The van der Waals surface area contributed by atoms with Gasteiger partial charge in [-0.3, -0.25) is 14.1 Å². The average Bonchev–Trinajstić information content (AvgIpc) is 3.63. The Labute approximate surface area is 206 Å². The van der Waals surface area contributed by atoms with Gasteiger partial charge in [-0.25, -0.2) is 19.9 Å². The molecule has 0 amide bonds. The summed E-state index contributed by atoms with van der Waals surface area (Å²) in [5.74, 6) is 2.09. The first-order valence-electron chi connectivity index (χ1n) is 11.4. The fourth-order valence-electron chi connectivity index (χ4n) is 4.17. The van der Waals surface area contributed by atoms with Gasteiger partial charge in [-0.05, 0) is 55.5 Å². The molecule has 0 bridgehead atoms. The van der Waals surface area contributed by atoms with Crippen molar-refractivity contribution >= 4 is 22.5 Å². The number of aryl methyl sites for hydroxylation is 1. The molecule has 8 heteroatoms. The van der Waals surface area contributed by atoms with Crippen molar-refractivity contribution in [3.63, 3.8) is 0 Å². The van der Waals surface area contributed by atoms with E-state index in [-0.39, 0.29) is 5.92 Å². The van der Waals surface area contributed by atoms with Crippen molar-refractivity contribution in [3.05, 3.63) is 90.2 Å². The van der Waals surface area contributed by atoms with Crippen LogP contribution in [0.1, 0.15) is 31.3 Å². The maximum atomic E-state index is 4.96. The minimum Gasteiger partial charge on any atom is -0.297 e. The minimum absolute atomic E-state index is 0.262. The summed E-state index contributed by atoms with van der Waals surface area (Å²) in [7, 11) is 0. The predicted molar refractivity (Wildman–Crippen MR) is 139 cm³/mol. The molecular weight excluding hydrogens is 454 g/mol.